The highest BCUT2D eigenvalue weighted by Gasteiger charge is 2.19. The second-order valence-corrected chi connectivity index (χ2v) is 5.11. The second kappa shape index (κ2) is 6.98. The Bertz CT molecular complexity index is 490. The van der Waals surface area contributed by atoms with Crippen LogP contribution in [-0.4, -0.2) is 32.2 Å². The number of hydrogen-bond donors (Lipinski definition) is 3. The lowest BCUT2D eigenvalue weighted by Crippen LogP contribution is -2.34. The van der Waals surface area contributed by atoms with E-state index in [1.807, 2.05) is 22.9 Å². The smallest absolute Gasteiger partial charge is 0.250 e. The number of benzene rings is 1. The Balaban J connectivity index is 2.29. The van der Waals surface area contributed by atoms with E-state index < -0.39 is 5.91 Å². The minimum atomic E-state index is -0.498. The predicted molar refractivity (Wildman–Crippen MR) is 85.7 cm³/mol. The van der Waals surface area contributed by atoms with Crippen molar-refractivity contribution in [2.75, 3.05) is 23.7 Å². The quantitative estimate of drug-likeness (QED) is 0.526. The fourth-order valence-corrected chi connectivity index (χ4v) is 2.63. The van der Waals surface area contributed by atoms with Crippen molar-refractivity contribution in [3.63, 3.8) is 0 Å². The predicted octanol–water partition coefficient (Wildman–Crippen LogP) is 1.69. The lowest BCUT2D eigenvalue weighted by atomic mass is 10.1. The molecule has 1 aliphatic rings. The highest BCUT2D eigenvalue weighted by molar-refractivity contribution is 14.1. The molecule has 1 aromatic rings. The number of carbonyl (C=O) groups excluding carboxylic acids is 1. The highest BCUT2D eigenvalue weighted by atomic mass is 127. The summed E-state index contributed by atoms with van der Waals surface area (Å²) in [5.74, 6) is 0.651. The SMILES string of the molecule is COc1cc(NI)c(C(N)=O)cc1OC1CCNCC1. The van der Waals surface area contributed by atoms with Crippen molar-refractivity contribution in [1.82, 2.24) is 5.32 Å². The Kier molecular flexibility index (Phi) is 5.30. The van der Waals surface area contributed by atoms with E-state index in [0.29, 0.717) is 22.7 Å². The standard InChI is InChI=1S/C13H18IN3O3/c1-19-11-7-10(17-14)9(13(15)18)6-12(11)20-8-2-4-16-5-3-8/h6-8,16-17H,2-5H2,1H3,(H2,15,18). The van der Waals surface area contributed by atoms with Crippen molar-refractivity contribution in [2.45, 2.75) is 18.9 Å². The minimum Gasteiger partial charge on any atom is -0.493 e. The van der Waals surface area contributed by atoms with Crippen LogP contribution in [0.4, 0.5) is 5.69 Å². The van der Waals surface area contributed by atoms with Crippen LogP contribution in [0.1, 0.15) is 23.2 Å². The van der Waals surface area contributed by atoms with Gasteiger partial charge in [-0.3, -0.25) is 4.79 Å². The summed E-state index contributed by atoms with van der Waals surface area (Å²) in [4.78, 5) is 11.5. The summed E-state index contributed by atoms with van der Waals surface area (Å²) >= 11 is 1.95. The molecule has 0 aliphatic carbocycles. The number of halogens is 1. The van der Waals surface area contributed by atoms with E-state index in [-0.39, 0.29) is 6.10 Å². The van der Waals surface area contributed by atoms with Gasteiger partial charge >= 0.3 is 0 Å². The van der Waals surface area contributed by atoms with Gasteiger partial charge in [0, 0.05) is 6.07 Å². The summed E-state index contributed by atoms with van der Waals surface area (Å²) in [5.41, 5.74) is 6.41. The first-order chi connectivity index (χ1) is 9.65. The molecule has 6 nitrogen and oxygen atoms in total. The van der Waals surface area contributed by atoms with E-state index >= 15 is 0 Å². The maximum atomic E-state index is 11.5. The van der Waals surface area contributed by atoms with Gasteiger partial charge in [-0.25, -0.2) is 0 Å². The number of ether oxygens (including phenoxy) is 2. The number of carbonyl (C=O) groups is 1. The Labute approximate surface area is 131 Å². The van der Waals surface area contributed by atoms with Crippen LogP contribution in [0.25, 0.3) is 0 Å². The van der Waals surface area contributed by atoms with Crippen LogP contribution in [0.5, 0.6) is 11.5 Å². The van der Waals surface area contributed by atoms with Crippen molar-refractivity contribution in [3.05, 3.63) is 17.7 Å². The molecule has 0 atom stereocenters. The Morgan fingerprint density at radius 1 is 1.40 bits per heavy atom. The zero-order chi connectivity index (χ0) is 14.5. The number of primary amides is 1. The average molecular weight is 391 g/mol. The fraction of sp³-hybridized carbons (Fsp3) is 0.462. The molecule has 4 N–H and O–H groups in total. The number of methoxy groups -OCH3 is 1. The first-order valence-electron chi connectivity index (χ1n) is 6.41. The zero-order valence-electron chi connectivity index (χ0n) is 11.2. The van der Waals surface area contributed by atoms with Crippen LogP contribution in [0.2, 0.25) is 0 Å². The van der Waals surface area contributed by atoms with Crippen molar-refractivity contribution in [2.24, 2.45) is 5.73 Å². The maximum Gasteiger partial charge on any atom is 0.250 e. The molecule has 2 rings (SSSR count). The number of rotatable bonds is 5. The third-order valence-corrected chi connectivity index (χ3v) is 3.83. The fourth-order valence-electron chi connectivity index (χ4n) is 2.19. The van der Waals surface area contributed by atoms with Crippen LogP contribution in [0.3, 0.4) is 0 Å². The second-order valence-electron chi connectivity index (χ2n) is 4.57. The van der Waals surface area contributed by atoms with Crippen LogP contribution in [0.15, 0.2) is 12.1 Å². The van der Waals surface area contributed by atoms with Gasteiger partial charge in [0.1, 0.15) is 6.10 Å². The Morgan fingerprint density at radius 2 is 2.10 bits per heavy atom. The van der Waals surface area contributed by atoms with Crippen molar-refractivity contribution in [3.8, 4) is 11.5 Å². The molecule has 0 spiro atoms. The number of hydrogen-bond acceptors (Lipinski definition) is 5. The van der Waals surface area contributed by atoms with E-state index in [1.165, 1.54) is 0 Å². The molecular formula is C13H18IN3O3. The number of piperidine rings is 1. The van der Waals surface area contributed by atoms with E-state index in [2.05, 4.69) is 8.85 Å². The van der Waals surface area contributed by atoms with Crippen molar-refractivity contribution in [1.29, 1.82) is 0 Å². The largest absolute Gasteiger partial charge is 0.493 e. The third-order valence-electron chi connectivity index (χ3n) is 3.25. The summed E-state index contributed by atoms with van der Waals surface area (Å²) in [6.45, 7) is 1.87. The zero-order valence-corrected chi connectivity index (χ0v) is 13.4. The van der Waals surface area contributed by atoms with Gasteiger partial charge in [0.2, 0.25) is 0 Å². The molecule has 0 unspecified atom stereocenters. The lowest BCUT2D eigenvalue weighted by Gasteiger charge is -2.25. The molecule has 1 amide bonds. The van der Waals surface area contributed by atoms with Gasteiger partial charge in [-0.15, -0.1) is 0 Å². The van der Waals surface area contributed by atoms with Gasteiger partial charge in [-0.2, -0.15) is 0 Å². The number of amides is 1. The number of nitrogens with two attached hydrogens (primary N) is 1. The number of anilines is 1. The van der Waals surface area contributed by atoms with Gasteiger partial charge in [0.15, 0.2) is 11.5 Å². The van der Waals surface area contributed by atoms with Crippen LogP contribution < -0.4 is 24.1 Å². The molecular weight excluding hydrogens is 373 g/mol. The van der Waals surface area contributed by atoms with Gasteiger partial charge in [-0.05, 0) is 32.0 Å². The summed E-state index contributed by atoms with van der Waals surface area (Å²) in [5, 5.41) is 3.28. The van der Waals surface area contributed by atoms with Crippen LogP contribution >= 0.6 is 22.9 Å². The third kappa shape index (κ3) is 3.45. The molecule has 110 valence electrons. The van der Waals surface area contributed by atoms with Crippen molar-refractivity contribution >= 4 is 34.5 Å². The molecule has 7 heteroatoms. The first kappa shape index (κ1) is 15.2. The molecule has 0 bridgehead atoms. The molecule has 0 radical (unpaired) electrons. The average Bonchev–Trinajstić information content (AvgIpc) is 2.47. The molecule has 0 aromatic heterocycles. The van der Waals surface area contributed by atoms with E-state index in [9.17, 15) is 4.79 Å². The monoisotopic (exact) mass is 391 g/mol. The molecule has 1 aromatic carbocycles. The summed E-state index contributed by atoms with van der Waals surface area (Å²) in [6.07, 6.45) is 1.99. The molecule has 1 fully saturated rings. The molecule has 1 heterocycles. The Morgan fingerprint density at radius 3 is 2.65 bits per heavy atom. The molecule has 0 saturated carbocycles. The van der Waals surface area contributed by atoms with E-state index in [0.717, 1.165) is 25.9 Å². The van der Waals surface area contributed by atoms with E-state index in [4.69, 9.17) is 15.2 Å². The lowest BCUT2D eigenvalue weighted by molar-refractivity contribution is 0.0999. The summed E-state index contributed by atoms with van der Waals surface area (Å²) < 4.78 is 14.2. The van der Waals surface area contributed by atoms with E-state index in [1.54, 1.807) is 19.2 Å². The summed E-state index contributed by atoms with van der Waals surface area (Å²) in [6, 6.07) is 3.37. The van der Waals surface area contributed by atoms with Gasteiger partial charge in [0.25, 0.3) is 5.91 Å². The first-order valence-corrected chi connectivity index (χ1v) is 7.49. The summed E-state index contributed by atoms with van der Waals surface area (Å²) in [7, 11) is 1.57. The van der Waals surface area contributed by atoms with Crippen LogP contribution in [0, 0.1) is 0 Å². The highest BCUT2D eigenvalue weighted by Crippen LogP contribution is 2.35. The molecule has 20 heavy (non-hydrogen) atoms. The van der Waals surface area contributed by atoms with Crippen molar-refractivity contribution < 1.29 is 14.3 Å². The molecule has 1 aliphatic heterocycles. The van der Waals surface area contributed by atoms with Gasteiger partial charge in [-0.1, -0.05) is 0 Å². The molecule has 1 saturated heterocycles. The van der Waals surface area contributed by atoms with Gasteiger partial charge in [0.05, 0.1) is 41.2 Å². The number of nitrogens with one attached hydrogen (secondary N) is 2. The van der Waals surface area contributed by atoms with Crippen LogP contribution in [-0.2, 0) is 0 Å². The van der Waals surface area contributed by atoms with Gasteiger partial charge < -0.3 is 24.1 Å². The maximum absolute atomic E-state index is 11.5. The Hall–Kier alpha value is -1.22. The normalized spacial score (nSPS) is 15.7. The topological polar surface area (TPSA) is 85.6 Å². The minimum absolute atomic E-state index is 0.129.